The van der Waals surface area contributed by atoms with Crippen LogP contribution in [-0.4, -0.2) is 50.0 Å². The van der Waals surface area contributed by atoms with E-state index in [1.165, 1.54) is 44.4 Å². The van der Waals surface area contributed by atoms with Gasteiger partial charge in [0.15, 0.2) is 5.75 Å². The lowest BCUT2D eigenvalue weighted by Gasteiger charge is -2.13. The lowest BCUT2D eigenvalue weighted by molar-refractivity contribution is -0.114. The van der Waals surface area contributed by atoms with Crippen LogP contribution in [0.5, 0.6) is 11.5 Å². The van der Waals surface area contributed by atoms with Crippen molar-refractivity contribution in [1.82, 2.24) is 0 Å². The zero-order valence-electron chi connectivity index (χ0n) is 23.2. The van der Waals surface area contributed by atoms with Gasteiger partial charge >= 0.3 is 0 Å². The number of carbonyl (C=O) groups excluding carboxylic acids is 2. The van der Waals surface area contributed by atoms with Crippen molar-refractivity contribution in [3.05, 3.63) is 60.2 Å². The summed E-state index contributed by atoms with van der Waals surface area (Å²) in [5, 5.41) is 28.9. The maximum absolute atomic E-state index is 12.2. The van der Waals surface area contributed by atoms with Crippen molar-refractivity contribution in [3.8, 4) is 11.5 Å². The van der Waals surface area contributed by atoms with E-state index in [0.29, 0.717) is 0 Å². The molecule has 45 heavy (non-hydrogen) atoms. The van der Waals surface area contributed by atoms with Crippen molar-refractivity contribution >= 4 is 76.9 Å². The van der Waals surface area contributed by atoms with Crippen LogP contribution in [0.15, 0.2) is 84.8 Å². The zero-order valence-corrected chi connectivity index (χ0v) is 24.8. The third kappa shape index (κ3) is 7.18. The Kier molecular flexibility index (Phi) is 8.82. The minimum atomic E-state index is -5.11. The molecule has 0 fully saturated rings. The average molecular weight is 658 g/mol. The molecule has 4 aromatic carbocycles. The summed E-state index contributed by atoms with van der Waals surface area (Å²) in [4.78, 5) is 21.7. The predicted octanol–water partition coefficient (Wildman–Crippen LogP) is 4.52. The van der Waals surface area contributed by atoms with Crippen molar-refractivity contribution in [2.75, 3.05) is 18.2 Å². The molecule has 0 saturated heterocycles. The van der Waals surface area contributed by atoms with Crippen molar-refractivity contribution in [3.63, 3.8) is 0 Å². The van der Waals surface area contributed by atoms with Crippen LogP contribution in [0.4, 0.5) is 34.1 Å². The molecule has 8 N–H and O–H groups in total. The average Bonchev–Trinajstić information content (AvgIpc) is 2.94. The number of phenolic OH excluding ortho intramolecular Hbond substituents is 1. The lowest BCUT2D eigenvalue weighted by atomic mass is 10.1. The maximum atomic E-state index is 12.2. The molecule has 0 heterocycles. The van der Waals surface area contributed by atoms with Gasteiger partial charge in [-0.25, -0.2) is 0 Å². The molecule has 2 amide bonds. The molecule has 0 aliphatic rings. The fourth-order valence-corrected chi connectivity index (χ4v) is 5.25. The summed E-state index contributed by atoms with van der Waals surface area (Å²) < 4.78 is 72.3. The van der Waals surface area contributed by atoms with Crippen LogP contribution in [0, 0.1) is 0 Å². The summed E-state index contributed by atoms with van der Waals surface area (Å²) in [7, 11) is -8.63. The number of ether oxygens (including phenoxy) is 1. The number of nitrogens with two attached hydrogens (primary N) is 2. The number of azo groups is 2. The van der Waals surface area contributed by atoms with Gasteiger partial charge in [-0.05, 0) is 47.9 Å². The molecule has 0 aliphatic heterocycles. The number of carbonyl (C=O) groups is 2. The molecule has 4 aromatic rings. The van der Waals surface area contributed by atoms with Gasteiger partial charge in [-0.3, -0.25) is 18.7 Å². The number of rotatable bonds is 9. The van der Waals surface area contributed by atoms with Gasteiger partial charge < -0.3 is 26.6 Å². The van der Waals surface area contributed by atoms with Crippen LogP contribution >= 0.6 is 0 Å². The minimum Gasteiger partial charge on any atom is -0.505 e. The summed E-state index contributed by atoms with van der Waals surface area (Å²) in [6.07, 6.45) is 0. The first-order valence-corrected chi connectivity index (χ1v) is 15.1. The summed E-state index contributed by atoms with van der Waals surface area (Å²) in [5.41, 5.74) is 10.5. The second kappa shape index (κ2) is 12.2. The Morgan fingerprint density at radius 1 is 0.889 bits per heavy atom. The minimum absolute atomic E-state index is 0.0151. The Bertz CT molecular complexity index is 2170. The van der Waals surface area contributed by atoms with Crippen LogP contribution in [0.3, 0.4) is 0 Å². The Morgan fingerprint density at radius 3 is 2.18 bits per heavy atom. The predicted molar refractivity (Wildman–Crippen MR) is 160 cm³/mol. The molecular weight excluding hydrogens is 634 g/mol. The van der Waals surface area contributed by atoms with Gasteiger partial charge in [-0.15, -0.1) is 15.3 Å². The smallest absolute Gasteiger partial charge is 0.296 e. The molecule has 4 rings (SSSR count). The van der Waals surface area contributed by atoms with Crippen molar-refractivity contribution in [2.45, 2.75) is 16.7 Å². The molecule has 234 valence electrons. The second-order valence-electron chi connectivity index (χ2n) is 9.17. The Hall–Kier alpha value is -5.50. The highest BCUT2D eigenvalue weighted by Crippen LogP contribution is 2.46. The van der Waals surface area contributed by atoms with Crippen molar-refractivity contribution in [2.24, 2.45) is 26.2 Å². The van der Waals surface area contributed by atoms with E-state index in [2.05, 4.69) is 25.8 Å². The Balaban J connectivity index is 1.88. The second-order valence-corrected chi connectivity index (χ2v) is 12.0. The number of hydrogen-bond donors (Lipinski definition) is 6. The molecule has 17 nitrogen and oxygen atoms in total. The quantitative estimate of drug-likeness (QED) is 0.0826. The van der Waals surface area contributed by atoms with Gasteiger partial charge in [-0.1, -0.05) is 6.07 Å². The number of nitrogens with zero attached hydrogens (tertiary/aromatic N) is 4. The molecule has 0 unspecified atom stereocenters. The highest BCUT2D eigenvalue weighted by atomic mass is 32.2. The fraction of sp³-hybridized carbons (Fsp3) is 0.0769. The molecule has 0 spiro atoms. The van der Waals surface area contributed by atoms with Gasteiger partial charge in [0, 0.05) is 29.6 Å². The summed E-state index contributed by atoms with van der Waals surface area (Å²) in [5.74, 6) is -2.11. The van der Waals surface area contributed by atoms with Gasteiger partial charge in [0.25, 0.3) is 20.2 Å². The number of aromatic hydroxyl groups is 1. The lowest BCUT2D eigenvalue weighted by Crippen LogP contribution is -2.10. The van der Waals surface area contributed by atoms with Crippen LogP contribution in [0.2, 0.25) is 0 Å². The Morgan fingerprint density at radius 2 is 1.58 bits per heavy atom. The molecule has 0 aliphatic carbocycles. The van der Waals surface area contributed by atoms with Crippen LogP contribution in [-0.2, 0) is 25.0 Å². The van der Waals surface area contributed by atoms with Crippen molar-refractivity contribution in [1.29, 1.82) is 0 Å². The first kappa shape index (κ1) is 32.4. The highest BCUT2D eigenvalue weighted by molar-refractivity contribution is 7.86. The van der Waals surface area contributed by atoms with Crippen LogP contribution in [0.25, 0.3) is 10.8 Å². The number of methoxy groups -OCH3 is 1. The van der Waals surface area contributed by atoms with E-state index in [0.717, 1.165) is 18.2 Å². The number of fused-ring (bicyclic) bond motifs is 1. The number of amides is 2. The van der Waals surface area contributed by atoms with E-state index in [1.54, 1.807) is 6.07 Å². The van der Waals surface area contributed by atoms with E-state index in [4.69, 9.17) is 16.2 Å². The monoisotopic (exact) mass is 657 g/mol. The fourth-order valence-electron chi connectivity index (χ4n) is 4.04. The molecule has 0 bridgehead atoms. The first-order chi connectivity index (χ1) is 21.0. The molecule has 0 aromatic heterocycles. The summed E-state index contributed by atoms with van der Waals surface area (Å²) in [6, 6.07) is 10.9. The van der Waals surface area contributed by atoms with Crippen molar-refractivity contribution < 1.29 is 45.4 Å². The number of nitrogen functional groups attached to an aromatic ring is 1. The molecule has 0 atom stereocenters. The molecular formula is C26H23N7O10S2. The van der Waals surface area contributed by atoms with Gasteiger partial charge in [-0.2, -0.15) is 21.9 Å². The van der Waals surface area contributed by atoms with Gasteiger partial charge in [0.05, 0.1) is 23.4 Å². The maximum Gasteiger partial charge on any atom is 0.296 e. The molecule has 0 radical (unpaired) electrons. The van der Waals surface area contributed by atoms with E-state index in [-0.39, 0.29) is 50.5 Å². The normalized spacial score (nSPS) is 12.2. The summed E-state index contributed by atoms with van der Waals surface area (Å²) in [6.45, 7) is 1.21. The largest absolute Gasteiger partial charge is 0.505 e. The molecule has 19 heteroatoms. The number of benzene rings is 4. The van der Waals surface area contributed by atoms with Crippen LogP contribution < -0.4 is 21.5 Å². The highest BCUT2D eigenvalue weighted by Gasteiger charge is 2.25. The van der Waals surface area contributed by atoms with E-state index < -0.39 is 53.3 Å². The summed E-state index contributed by atoms with van der Waals surface area (Å²) >= 11 is 0. The zero-order chi connectivity index (χ0) is 33.3. The first-order valence-electron chi connectivity index (χ1n) is 12.3. The van der Waals surface area contributed by atoms with Gasteiger partial charge in [0.2, 0.25) is 11.8 Å². The van der Waals surface area contributed by atoms with Crippen LogP contribution in [0.1, 0.15) is 17.3 Å². The topological polar surface area (TPSA) is 286 Å². The van der Waals surface area contributed by atoms with E-state index in [9.17, 15) is 40.6 Å². The SMILES string of the molecule is COc1cc(N=Nc2cccc(C(N)=O)c2)c(NC(C)=O)cc1N=Nc1c(S(=O)(=O)O)cc2cc(S(=O)(=O)O)cc(N)c2c1O. The standard InChI is InChI=1S/C26H23N7O10S2/c1-12(34)29-18-10-20(21(43-2)11-19(18)31-30-15-5-3-4-13(6-15)26(28)36)32-33-24-22(45(40,41)42)8-14-7-16(44(37,38)39)9-17(27)23(14)25(24)35/h3-11,35H,27H2,1-2H3,(H2,28,36)(H,29,34)(H,37,38,39)(H,40,41,42). The Labute approximate surface area is 254 Å². The number of phenols is 1. The molecule has 0 saturated carbocycles. The number of nitrogens with one attached hydrogen (secondary N) is 1. The number of anilines is 2. The number of primary amides is 1. The number of hydrogen-bond acceptors (Lipinski definition) is 13. The van der Waals surface area contributed by atoms with Gasteiger partial charge in [0.1, 0.15) is 27.7 Å². The van der Waals surface area contributed by atoms with E-state index >= 15 is 0 Å². The third-order valence-corrected chi connectivity index (χ3v) is 7.70. The van der Waals surface area contributed by atoms with E-state index in [1.807, 2.05) is 0 Å². The third-order valence-electron chi connectivity index (χ3n) is 6.00.